The van der Waals surface area contributed by atoms with Crippen molar-refractivity contribution in [1.82, 2.24) is 16.2 Å². The monoisotopic (exact) mass is 379 g/mol. The molecule has 4 atom stereocenters. The van der Waals surface area contributed by atoms with Crippen LogP contribution in [0.25, 0.3) is 0 Å². The molecule has 1 saturated heterocycles. The fraction of sp³-hybridized carbons (Fsp3) is 0.550. The molecule has 0 spiro atoms. The van der Waals surface area contributed by atoms with Gasteiger partial charge in [-0.3, -0.25) is 4.79 Å². The van der Waals surface area contributed by atoms with Crippen molar-refractivity contribution in [3.63, 3.8) is 0 Å². The van der Waals surface area contributed by atoms with Crippen molar-refractivity contribution in [2.75, 3.05) is 0 Å². The van der Waals surface area contributed by atoms with E-state index >= 15 is 0 Å². The summed E-state index contributed by atoms with van der Waals surface area (Å²) in [5.74, 6) is -0.949. The predicted molar refractivity (Wildman–Crippen MR) is 95.4 cm³/mol. The molecule has 3 aliphatic rings. The maximum absolute atomic E-state index is 13.8. The first-order valence-corrected chi connectivity index (χ1v) is 9.21. The van der Waals surface area contributed by atoms with Gasteiger partial charge < -0.3 is 5.32 Å². The van der Waals surface area contributed by atoms with Crippen LogP contribution in [0, 0.1) is 11.3 Å². The number of hydrogen-bond donors (Lipinski definition) is 3. The maximum atomic E-state index is 13.8. The van der Waals surface area contributed by atoms with Crippen molar-refractivity contribution >= 4 is 5.78 Å². The summed E-state index contributed by atoms with van der Waals surface area (Å²) in [6, 6.07) is 7.36. The number of hydrogen-bond acceptors (Lipinski definition) is 4. The lowest BCUT2D eigenvalue weighted by Gasteiger charge is -2.50. The number of carbonyl (C=O) groups is 1. The van der Waals surface area contributed by atoms with Gasteiger partial charge in [-0.2, -0.15) is 13.2 Å². The summed E-state index contributed by atoms with van der Waals surface area (Å²) in [7, 11) is 0. The Morgan fingerprint density at radius 1 is 1.04 bits per heavy atom. The summed E-state index contributed by atoms with van der Waals surface area (Å²) in [6.45, 7) is 5.82. The number of benzene rings is 1. The molecule has 1 fully saturated rings. The molecule has 27 heavy (non-hydrogen) atoms. The third-order valence-corrected chi connectivity index (χ3v) is 6.23. The van der Waals surface area contributed by atoms with Gasteiger partial charge in [0.1, 0.15) is 6.04 Å². The highest BCUT2D eigenvalue weighted by molar-refractivity contribution is 6.00. The average Bonchev–Trinajstić information content (AvgIpc) is 2.98. The van der Waals surface area contributed by atoms with Crippen LogP contribution in [0.3, 0.4) is 0 Å². The third-order valence-electron chi connectivity index (χ3n) is 6.23. The molecule has 1 aromatic carbocycles. The van der Waals surface area contributed by atoms with Crippen LogP contribution < -0.4 is 16.2 Å². The minimum absolute atomic E-state index is 0.0635. The number of halogens is 3. The molecular weight excluding hydrogens is 355 g/mol. The SMILES string of the molecule is CC1(C)CC(=O)C2=C(C1)NC1NNC(C(F)(F)F)C1C2(C)c1ccccc1. The fourth-order valence-corrected chi connectivity index (χ4v) is 5.15. The van der Waals surface area contributed by atoms with Crippen LogP contribution in [0.2, 0.25) is 0 Å². The molecule has 146 valence electrons. The summed E-state index contributed by atoms with van der Waals surface area (Å²) in [5.41, 5.74) is 5.97. The first-order chi connectivity index (χ1) is 12.5. The van der Waals surface area contributed by atoms with E-state index in [1.807, 2.05) is 44.2 Å². The molecule has 4 nitrogen and oxygen atoms in total. The van der Waals surface area contributed by atoms with Crippen LogP contribution in [0.5, 0.6) is 0 Å². The van der Waals surface area contributed by atoms with Gasteiger partial charge >= 0.3 is 6.18 Å². The fourth-order valence-electron chi connectivity index (χ4n) is 5.15. The van der Waals surface area contributed by atoms with Gasteiger partial charge in [-0.25, -0.2) is 10.9 Å². The summed E-state index contributed by atoms with van der Waals surface area (Å²) in [5, 5.41) is 3.22. The predicted octanol–water partition coefficient (Wildman–Crippen LogP) is 3.17. The number of rotatable bonds is 1. The number of fused-ring (bicyclic) bond motifs is 1. The number of ketones is 1. The number of nitrogens with one attached hydrogen (secondary N) is 3. The molecule has 2 aliphatic heterocycles. The molecular formula is C20H24F3N3O. The molecule has 0 bridgehead atoms. The number of carbonyl (C=O) groups excluding carboxylic acids is 1. The lowest BCUT2D eigenvalue weighted by Crippen LogP contribution is -2.60. The molecule has 4 unspecified atom stereocenters. The van der Waals surface area contributed by atoms with Gasteiger partial charge in [0.2, 0.25) is 0 Å². The Morgan fingerprint density at radius 2 is 1.70 bits per heavy atom. The van der Waals surface area contributed by atoms with Crippen LogP contribution in [-0.2, 0) is 10.2 Å². The third kappa shape index (κ3) is 2.79. The Hall–Kier alpha value is -1.86. The van der Waals surface area contributed by atoms with E-state index in [2.05, 4.69) is 16.2 Å². The van der Waals surface area contributed by atoms with E-state index in [0.29, 0.717) is 18.4 Å². The number of allylic oxidation sites excluding steroid dienone is 2. The van der Waals surface area contributed by atoms with Crippen molar-refractivity contribution < 1.29 is 18.0 Å². The Labute approximate surface area is 156 Å². The molecule has 2 heterocycles. The first kappa shape index (κ1) is 18.5. The standard InChI is InChI=1S/C20H24F3N3O/c1-18(2)9-12-14(13(27)10-18)19(3,11-7-5-4-6-8-11)15-16(20(21,22)23)25-26-17(15)24-12/h4-8,15-17,24-26H,9-10H2,1-3H3. The second kappa shape index (κ2) is 5.82. The molecule has 0 aromatic heterocycles. The van der Waals surface area contributed by atoms with Gasteiger partial charge in [-0.15, -0.1) is 0 Å². The van der Waals surface area contributed by atoms with E-state index in [4.69, 9.17) is 0 Å². The van der Waals surface area contributed by atoms with E-state index < -0.39 is 29.7 Å². The van der Waals surface area contributed by atoms with Gasteiger partial charge in [-0.1, -0.05) is 51.1 Å². The molecule has 0 radical (unpaired) electrons. The second-order valence-electron chi connectivity index (χ2n) is 8.82. The van der Waals surface area contributed by atoms with Gasteiger partial charge in [0.25, 0.3) is 0 Å². The smallest absolute Gasteiger partial charge is 0.371 e. The van der Waals surface area contributed by atoms with Gasteiger partial charge in [0.05, 0.1) is 6.17 Å². The van der Waals surface area contributed by atoms with Crippen molar-refractivity contribution in [2.45, 2.75) is 57.4 Å². The van der Waals surface area contributed by atoms with Crippen LogP contribution in [0.15, 0.2) is 41.6 Å². The van der Waals surface area contributed by atoms with E-state index in [9.17, 15) is 18.0 Å². The summed E-state index contributed by atoms with van der Waals surface area (Å²) < 4.78 is 41.4. The summed E-state index contributed by atoms with van der Waals surface area (Å²) >= 11 is 0. The summed E-state index contributed by atoms with van der Waals surface area (Å²) in [6.07, 6.45) is -4.07. The highest BCUT2D eigenvalue weighted by Gasteiger charge is 2.63. The molecule has 0 amide bonds. The number of alkyl halides is 3. The highest BCUT2D eigenvalue weighted by atomic mass is 19.4. The zero-order chi connectivity index (χ0) is 19.6. The second-order valence-corrected chi connectivity index (χ2v) is 8.82. The Kier molecular flexibility index (Phi) is 3.99. The van der Waals surface area contributed by atoms with Crippen molar-refractivity contribution in [3.8, 4) is 0 Å². The van der Waals surface area contributed by atoms with Crippen molar-refractivity contribution in [1.29, 1.82) is 0 Å². The topological polar surface area (TPSA) is 53.2 Å². The number of hydrazine groups is 1. The van der Waals surface area contributed by atoms with E-state index in [0.717, 1.165) is 11.3 Å². The maximum Gasteiger partial charge on any atom is 0.405 e. The van der Waals surface area contributed by atoms with Gasteiger partial charge in [0, 0.05) is 29.0 Å². The van der Waals surface area contributed by atoms with Crippen LogP contribution in [0.4, 0.5) is 13.2 Å². The molecule has 0 saturated carbocycles. The molecule has 3 N–H and O–H groups in total. The summed E-state index contributed by atoms with van der Waals surface area (Å²) in [4.78, 5) is 13.2. The Bertz CT molecular complexity index is 802. The van der Waals surface area contributed by atoms with Gasteiger partial charge in [-0.05, 0) is 17.4 Å². The Balaban J connectivity index is 1.94. The molecule has 1 aliphatic carbocycles. The van der Waals surface area contributed by atoms with Gasteiger partial charge in [0.15, 0.2) is 5.78 Å². The van der Waals surface area contributed by atoms with Crippen LogP contribution >= 0.6 is 0 Å². The molecule has 7 heteroatoms. The van der Waals surface area contributed by atoms with E-state index in [1.165, 1.54) is 0 Å². The largest absolute Gasteiger partial charge is 0.405 e. The highest BCUT2D eigenvalue weighted by Crippen LogP contribution is 2.53. The van der Waals surface area contributed by atoms with Crippen molar-refractivity contribution in [2.24, 2.45) is 11.3 Å². The lowest BCUT2D eigenvalue weighted by atomic mass is 9.57. The zero-order valence-corrected chi connectivity index (χ0v) is 15.6. The lowest BCUT2D eigenvalue weighted by molar-refractivity contribution is -0.167. The zero-order valence-electron chi connectivity index (χ0n) is 15.6. The quantitative estimate of drug-likeness (QED) is 0.702. The first-order valence-electron chi connectivity index (χ1n) is 9.21. The van der Waals surface area contributed by atoms with Crippen LogP contribution in [-0.4, -0.2) is 24.2 Å². The molecule has 1 aromatic rings. The van der Waals surface area contributed by atoms with Crippen molar-refractivity contribution in [3.05, 3.63) is 47.2 Å². The average molecular weight is 379 g/mol. The minimum Gasteiger partial charge on any atom is -0.371 e. The minimum atomic E-state index is -4.43. The van der Waals surface area contributed by atoms with E-state index in [1.54, 1.807) is 6.92 Å². The molecule has 4 rings (SSSR count). The Morgan fingerprint density at radius 3 is 2.33 bits per heavy atom. The number of Topliss-reactive ketones (excluding diaryl/α,β-unsaturated/α-hetero) is 1. The van der Waals surface area contributed by atoms with E-state index in [-0.39, 0.29) is 11.2 Å². The van der Waals surface area contributed by atoms with Crippen LogP contribution in [0.1, 0.15) is 39.2 Å². The normalized spacial score (nSPS) is 35.5.